The molecule has 1 N–H and O–H groups in total. The Morgan fingerprint density at radius 3 is 2.42 bits per heavy atom. The molecule has 1 aromatic rings. The normalized spacial score (nSPS) is 13.2. The molecular formula is C15H28ClN3. The Morgan fingerprint density at radius 1 is 1.21 bits per heavy atom. The maximum atomic E-state index is 6.40. The third-order valence-corrected chi connectivity index (χ3v) is 3.93. The lowest BCUT2D eigenvalue weighted by Crippen LogP contribution is -2.27. The lowest BCUT2D eigenvalue weighted by Gasteiger charge is -2.15. The van der Waals surface area contributed by atoms with E-state index in [0.29, 0.717) is 6.04 Å². The van der Waals surface area contributed by atoms with Gasteiger partial charge in [0.05, 0.1) is 16.4 Å². The minimum Gasteiger partial charge on any atom is -0.309 e. The van der Waals surface area contributed by atoms with Crippen molar-refractivity contribution in [2.75, 3.05) is 0 Å². The molecule has 0 amide bonds. The number of hydrogen-bond acceptors (Lipinski definition) is 2. The summed E-state index contributed by atoms with van der Waals surface area (Å²) in [6, 6.07) is 0.517. The molecule has 0 fully saturated rings. The molecule has 110 valence electrons. The molecule has 19 heavy (non-hydrogen) atoms. The third-order valence-electron chi connectivity index (χ3n) is 3.49. The topological polar surface area (TPSA) is 29.9 Å². The summed E-state index contributed by atoms with van der Waals surface area (Å²) in [5.41, 5.74) is 2.13. The molecular weight excluding hydrogens is 258 g/mol. The fourth-order valence-corrected chi connectivity index (χ4v) is 2.48. The van der Waals surface area contributed by atoms with Crippen molar-refractivity contribution in [1.82, 2.24) is 15.1 Å². The van der Waals surface area contributed by atoms with Gasteiger partial charge in [-0.3, -0.25) is 4.68 Å². The highest BCUT2D eigenvalue weighted by Gasteiger charge is 2.14. The summed E-state index contributed by atoms with van der Waals surface area (Å²) in [6.07, 6.45) is 3.35. The largest absolute Gasteiger partial charge is 0.309 e. The summed E-state index contributed by atoms with van der Waals surface area (Å²) < 4.78 is 2.02. The van der Waals surface area contributed by atoms with E-state index in [-0.39, 0.29) is 0 Å². The van der Waals surface area contributed by atoms with E-state index in [9.17, 15) is 0 Å². The predicted octanol–water partition coefficient (Wildman–Crippen LogP) is 4.03. The van der Waals surface area contributed by atoms with Crippen LogP contribution in [-0.4, -0.2) is 15.8 Å². The van der Waals surface area contributed by atoms with Crippen LogP contribution >= 0.6 is 11.6 Å². The molecule has 0 saturated carbocycles. The van der Waals surface area contributed by atoms with Gasteiger partial charge in [0.1, 0.15) is 0 Å². The summed E-state index contributed by atoms with van der Waals surface area (Å²) in [5, 5.41) is 8.95. The minimum atomic E-state index is 0.517. The van der Waals surface area contributed by atoms with Crippen LogP contribution < -0.4 is 5.32 Å². The smallest absolute Gasteiger partial charge is 0.0863 e. The summed E-state index contributed by atoms with van der Waals surface area (Å²) in [7, 11) is 0. The molecule has 3 nitrogen and oxygen atoms in total. The molecule has 1 heterocycles. The van der Waals surface area contributed by atoms with Crippen molar-refractivity contribution in [2.24, 2.45) is 5.92 Å². The Labute approximate surface area is 122 Å². The van der Waals surface area contributed by atoms with Crippen molar-refractivity contribution in [1.29, 1.82) is 0 Å². The van der Waals surface area contributed by atoms with E-state index < -0.39 is 0 Å². The van der Waals surface area contributed by atoms with Gasteiger partial charge in [0.15, 0.2) is 0 Å². The fraction of sp³-hybridized carbons (Fsp3) is 0.800. The van der Waals surface area contributed by atoms with Crippen LogP contribution in [0, 0.1) is 5.92 Å². The van der Waals surface area contributed by atoms with Gasteiger partial charge < -0.3 is 5.32 Å². The molecule has 0 aliphatic heterocycles. The van der Waals surface area contributed by atoms with E-state index in [1.54, 1.807) is 0 Å². The van der Waals surface area contributed by atoms with Crippen molar-refractivity contribution in [3.63, 3.8) is 0 Å². The first-order chi connectivity index (χ1) is 8.99. The van der Waals surface area contributed by atoms with Crippen LogP contribution in [0.1, 0.15) is 58.8 Å². The standard InChI is InChI=1S/C15H28ClN3/c1-6-13-15(16)14(19(7-2)18-13)10-17-12(5)9-8-11(3)4/h11-12,17H,6-10H2,1-5H3. The second-order valence-electron chi connectivity index (χ2n) is 5.63. The third kappa shape index (κ3) is 4.81. The number of rotatable bonds is 8. The predicted molar refractivity (Wildman–Crippen MR) is 82.7 cm³/mol. The molecule has 0 aromatic carbocycles. The van der Waals surface area contributed by atoms with E-state index in [0.717, 1.165) is 41.8 Å². The average molecular weight is 286 g/mol. The van der Waals surface area contributed by atoms with Crippen molar-refractivity contribution < 1.29 is 0 Å². The average Bonchev–Trinajstić information content (AvgIpc) is 2.69. The molecule has 0 saturated heterocycles. The van der Waals surface area contributed by atoms with Crippen molar-refractivity contribution >= 4 is 11.6 Å². The zero-order valence-corrected chi connectivity index (χ0v) is 13.7. The van der Waals surface area contributed by atoms with E-state index in [1.807, 2.05) is 4.68 Å². The maximum Gasteiger partial charge on any atom is 0.0863 e. The summed E-state index contributed by atoms with van der Waals surface area (Å²) in [6.45, 7) is 12.7. The monoisotopic (exact) mass is 285 g/mol. The molecule has 0 aliphatic carbocycles. The SMILES string of the molecule is CCc1nn(CC)c(CNC(C)CCC(C)C)c1Cl. The molecule has 0 bridgehead atoms. The van der Waals surface area contributed by atoms with Crippen LogP contribution in [-0.2, 0) is 19.5 Å². The van der Waals surface area contributed by atoms with Gasteiger partial charge in [-0.15, -0.1) is 0 Å². The number of nitrogens with one attached hydrogen (secondary N) is 1. The lowest BCUT2D eigenvalue weighted by molar-refractivity contribution is 0.442. The Kier molecular flexibility index (Phi) is 6.87. The van der Waals surface area contributed by atoms with E-state index >= 15 is 0 Å². The van der Waals surface area contributed by atoms with Crippen LogP contribution in [0.15, 0.2) is 0 Å². The van der Waals surface area contributed by atoms with Crippen LogP contribution in [0.2, 0.25) is 5.02 Å². The van der Waals surface area contributed by atoms with Crippen LogP contribution in [0.3, 0.4) is 0 Å². The highest BCUT2D eigenvalue weighted by Crippen LogP contribution is 2.21. The first-order valence-electron chi connectivity index (χ1n) is 7.46. The first kappa shape index (κ1) is 16.5. The minimum absolute atomic E-state index is 0.517. The molecule has 1 rings (SSSR count). The molecule has 1 aromatic heterocycles. The molecule has 4 heteroatoms. The van der Waals surface area contributed by atoms with E-state index in [1.165, 1.54) is 12.8 Å². The second-order valence-corrected chi connectivity index (χ2v) is 6.01. The Bertz CT molecular complexity index is 385. The van der Waals surface area contributed by atoms with Crippen LogP contribution in [0.5, 0.6) is 0 Å². The van der Waals surface area contributed by atoms with Gasteiger partial charge in [-0.25, -0.2) is 0 Å². The highest BCUT2D eigenvalue weighted by molar-refractivity contribution is 6.31. The van der Waals surface area contributed by atoms with E-state index in [2.05, 4.69) is 45.0 Å². The van der Waals surface area contributed by atoms with Gasteiger partial charge in [0.2, 0.25) is 0 Å². The summed E-state index contributed by atoms with van der Waals surface area (Å²) >= 11 is 6.40. The van der Waals surface area contributed by atoms with Gasteiger partial charge in [0.25, 0.3) is 0 Å². The van der Waals surface area contributed by atoms with E-state index in [4.69, 9.17) is 11.6 Å². The first-order valence-corrected chi connectivity index (χ1v) is 7.84. The fourth-order valence-electron chi connectivity index (χ4n) is 2.14. The Balaban J connectivity index is 2.59. The van der Waals surface area contributed by atoms with Crippen LogP contribution in [0.25, 0.3) is 0 Å². The van der Waals surface area contributed by atoms with Gasteiger partial charge in [0, 0.05) is 19.1 Å². The van der Waals surface area contributed by atoms with Gasteiger partial charge in [-0.05, 0) is 39.0 Å². The number of halogens is 1. The molecule has 0 spiro atoms. The van der Waals surface area contributed by atoms with Crippen molar-refractivity contribution in [2.45, 2.75) is 73.0 Å². The Hall–Kier alpha value is -0.540. The van der Waals surface area contributed by atoms with Gasteiger partial charge in [-0.2, -0.15) is 5.10 Å². The van der Waals surface area contributed by atoms with Crippen molar-refractivity contribution in [3.05, 3.63) is 16.4 Å². The Morgan fingerprint density at radius 2 is 1.89 bits per heavy atom. The zero-order chi connectivity index (χ0) is 14.4. The van der Waals surface area contributed by atoms with Crippen LogP contribution in [0.4, 0.5) is 0 Å². The second kappa shape index (κ2) is 7.91. The number of nitrogens with zero attached hydrogens (tertiary/aromatic N) is 2. The van der Waals surface area contributed by atoms with Gasteiger partial charge >= 0.3 is 0 Å². The zero-order valence-electron chi connectivity index (χ0n) is 13.0. The highest BCUT2D eigenvalue weighted by atomic mass is 35.5. The van der Waals surface area contributed by atoms with Gasteiger partial charge in [-0.1, -0.05) is 32.4 Å². The maximum absolute atomic E-state index is 6.40. The number of hydrogen-bond donors (Lipinski definition) is 1. The molecule has 1 unspecified atom stereocenters. The number of aromatic nitrogens is 2. The summed E-state index contributed by atoms with van der Waals surface area (Å²) in [4.78, 5) is 0. The quantitative estimate of drug-likeness (QED) is 0.781. The summed E-state index contributed by atoms with van der Waals surface area (Å²) in [5.74, 6) is 0.765. The number of aryl methyl sites for hydroxylation is 2. The van der Waals surface area contributed by atoms with Crippen molar-refractivity contribution in [3.8, 4) is 0 Å². The lowest BCUT2D eigenvalue weighted by atomic mass is 10.0. The molecule has 0 radical (unpaired) electrons. The molecule has 1 atom stereocenters. The molecule has 0 aliphatic rings.